The molecule has 0 N–H and O–H groups in total. The smallest absolute Gasteiger partial charge is 0.410 e. The van der Waals surface area contributed by atoms with Crippen LogP contribution in [0.2, 0.25) is 0 Å². The molecule has 2 aromatic carbocycles. The molecule has 1 atom stereocenters. The van der Waals surface area contributed by atoms with Crippen molar-refractivity contribution < 1.29 is 32.6 Å². The van der Waals surface area contributed by atoms with Crippen LogP contribution >= 0.6 is 0 Å². The van der Waals surface area contributed by atoms with Gasteiger partial charge in [-0.3, -0.25) is 4.90 Å². The third-order valence-corrected chi connectivity index (χ3v) is 5.30. The molecule has 0 aliphatic carbocycles. The van der Waals surface area contributed by atoms with Crippen LogP contribution in [0, 0.1) is 24.5 Å². The van der Waals surface area contributed by atoms with E-state index < -0.39 is 29.7 Å². The van der Waals surface area contributed by atoms with E-state index in [0.717, 1.165) is 5.56 Å². The molecule has 1 heterocycles. The van der Waals surface area contributed by atoms with Gasteiger partial charge in [0.2, 0.25) is 0 Å². The number of esters is 1. The fraction of sp³-hybridized carbons (Fsp3) is 0.417. The van der Waals surface area contributed by atoms with Gasteiger partial charge in [0.25, 0.3) is 0 Å². The minimum Gasteiger partial charge on any atom is -0.489 e. The van der Waals surface area contributed by atoms with Gasteiger partial charge in [-0.15, -0.1) is 0 Å². The lowest BCUT2D eigenvalue weighted by molar-refractivity contribution is -0.147. The standard InChI is InChI=1S/C24H27F2NO5/c1-14(2)12-32-24(29)27-10-9-16-11-17(6-7-18(16)22(27)23(28)30-4)31-13-19-20(25)8-5-15(3)21(19)26/h5-8,11,14,22H,9-10,12-13H2,1-4H3. The Kier molecular flexibility index (Phi) is 7.33. The van der Waals surface area contributed by atoms with E-state index in [1.807, 2.05) is 13.8 Å². The molecule has 0 aromatic heterocycles. The SMILES string of the molecule is COC(=O)C1c2ccc(OCc3c(F)ccc(C)c3F)cc2CCN1C(=O)OCC(C)C. The van der Waals surface area contributed by atoms with Crippen molar-refractivity contribution in [3.05, 3.63) is 64.2 Å². The van der Waals surface area contributed by atoms with Gasteiger partial charge in [0.15, 0.2) is 6.04 Å². The first-order valence-corrected chi connectivity index (χ1v) is 10.4. The molecule has 32 heavy (non-hydrogen) atoms. The summed E-state index contributed by atoms with van der Waals surface area (Å²) in [5.41, 5.74) is 1.58. The molecular weight excluding hydrogens is 420 g/mol. The Balaban J connectivity index is 1.81. The molecule has 0 fully saturated rings. The number of aryl methyl sites for hydroxylation is 1. The molecular formula is C24H27F2NO5. The molecule has 1 aliphatic heterocycles. The fourth-order valence-corrected chi connectivity index (χ4v) is 3.58. The van der Waals surface area contributed by atoms with Crippen LogP contribution in [-0.2, 0) is 27.3 Å². The first kappa shape index (κ1) is 23.5. The number of ether oxygens (including phenoxy) is 3. The molecule has 6 nitrogen and oxygen atoms in total. The number of methoxy groups -OCH3 is 1. The van der Waals surface area contributed by atoms with Gasteiger partial charge in [0.1, 0.15) is 24.0 Å². The maximum absolute atomic E-state index is 14.2. The van der Waals surface area contributed by atoms with E-state index in [1.54, 1.807) is 25.1 Å². The summed E-state index contributed by atoms with van der Waals surface area (Å²) in [6, 6.07) is 6.62. The van der Waals surface area contributed by atoms with E-state index in [0.29, 0.717) is 23.3 Å². The quantitative estimate of drug-likeness (QED) is 0.600. The van der Waals surface area contributed by atoms with E-state index >= 15 is 0 Å². The van der Waals surface area contributed by atoms with Crippen LogP contribution in [-0.4, -0.2) is 37.2 Å². The van der Waals surface area contributed by atoms with Gasteiger partial charge in [-0.1, -0.05) is 26.0 Å². The zero-order chi connectivity index (χ0) is 23.4. The molecule has 1 aliphatic rings. The number of benzene rings is 2. The van der Waals surface area contributed by atoms with Crippen LogP contribution < -0.4 is 4.74 Å². The van der Waals surface area contributed by atoms with Crippen molar-refractivity contribution in [1.82, 2.24) is 4.90 Å². The molecule has 0 spiro atoms. The zero-order valence-corrected chi connectivity index (χ0v) is 18.6. The van der Waals surface area contributed by atoms with Crippen molar-refractivity contribution in [3.63, 3.8) is 0 Å². The zero-order valence-electron chi connectivity index (χ0n) is 18.6. The maximum Gasteiger partial charge on any atom is 0.410 e. The second-order valence-electron chi connectivity index (χ2n) is 8.15. The summed E-state index contributed by atoms with van der Waals surface area (Å²) in [7, 11) is 1.26. The number of carbonyl (C=O) groups is 2. The van der Waals surface area contributed by atoms with E-state index in [-0.39, 0.29) is 31.2 Å². The number of rotatable bonds is 6. The number of hydrogen-bond acceptors (Lipinski definition) is 5. The number of halogens is 2. The van der Waals surface area contributed by atoms with E-state index in [1.165, 1.54) is 24.1 Å². The number of amides is 1. The Labute approximate surface area is 186 Å². The lowest BCUT2D eigenvalue weighted by Crippen LogP contribution is -2.44. The van der Waals surface area contributed by atoms with E-state index in [9.17, 15) is 18.4 Å². The Morgan fingerprint density at radius 3 is 2.62 bits per heavy atom. The van der Waals surface area contributed by atoms with E-state index in [2.05, 4.69) is 0 Å². The normalized spacial score (nSPS) is 15.3. The highest BCUT2D eigenvalue weighted by atomic mass is 19.1. The molecule has 3 rings (SSSR count). The highest BCUT2D eigenvalue weighted by Crippen LogP contribution is 2.34. The molecule has 1 amide bonds. The minimum atomic E-state index is -0.941. The highest BCUT2D eigenvalue weighted by Gasteiger charge is 2.38. The number of carbonyl (C=O) groups excluding carboxylic acids is 2. The molecule has 1 unspecified atom stereocenters. The summed E-state index contributed by atoms with van der Waals surface area (Å²) in [6.07, 6.45) is -0.116. The van der Waals surface area contributed by atoms with Crippen LogP contribution in [0.25, 0.3) is 0 Å². The van der Waals surface area contributed by atoms with Crippen LogP contribution in [0.15, 0.2) is 30.3 Å². The lowest BCUT2D eigenvalue weighted by atomic mass is 9.92. The summed E-state index contributed by atoms with van der Waals surface area (Å²) in [5, 5.41) is 0. The summed E-state index contributed by atoms with van der Waals surface area (Å²) in [4.78, 5) is 26.4. The van der Waals surface area contributed by atoms with Crippen molar-refractivity contribution >= 4 is 12.1 Å². The molecule has 0 saturated heterocycles. The molecule has 8 heteroatoms. The Morgan fingerprint density at radius 2 is 1.94 bits per heavy atom. The van der Waals surface area contributed by atoms with Gasteiger partial charge in [-0.25, -0.2) is 18.4 Å². The van der Waals surface area contributed by atoms with Crippen molar-refractivity contribution in [1.29, 1.82) is 0 Å². The highest BCUT2D eigenvalue weighted by molar-refractivity contribution is 5.84. The van der Waals surface area contributed by atoms with Crippen molar-refractivity contribution in [2.24, 2.45) is 5.92 Å². The molecule has 0 saturated carbocycles. The van der Waals surface area contributed by atoms with Crippen molar-refractivity contribution in [3.8, 4) is 5.75 Å². The molecule has 0 radical (unpaired) electrons. The number of nitrogens with zero attached hydrogens (tertiary/aromatic N) is 1. The average Bonchev–Trinajstić information content (AvgIpc) is 2.78. The molecule has 172 valence electrons. The van der Waals surface area contributed by atoms with Crippen LogP contribution in [0.1, 0.15) is 42.1 Å². The van der Waals surface area contributed by atoms with Crippen LogP contribution in [0.3, 0.4) is 0 Å². The van der Waals surface area contributed by atoms with Gasteiger partial charge in [-0.2, -0.15) is 0 Å². The van der Waals surface area contributed by atoms with Crippen LogP contribution in [0.4, 0.5) is 13.6 Å². The third kappa shape index (κ3) is 5.00. The number of fused-ring (bicyclic) bond motifs is 1. The molecule has 2 aromatic rings. The van der Waals surface area contributed by atoms with Crippen LogP contribution in [0.5, 0.6) is 5.75 Å². The summed E-state index contributed by atoms with van der Waals surface area (Å²) >= 11 is 0. The van der Waals surface area contributed by atoms with E-state index in [4.69, 9.17) is 14.2 Å². The van der Waals surface area contributed by atoms with Crippen molar-refractivity contribution in [2.75, 3.05) is 20.3 Å². The summed E-state index contributed by atoms with van der Waals surface area (Å²) in [5.74, 6) is -1.32. The Hall–Kier alpha value is -3.16. The average molecular weight is 447 g/mol. The predicted octanol–water partition coefficient (Wildman–Crippen LogP) is 4.72. The van der Waals surface area contributed by atoms with Gasteiger partial charge >= 0.3 is 12.1 Å². The first-order valence-electron chi connectivity index (χ1n) is 10.4. The second-order valence-corrected chi connectivity index (χ2v) is 8.15. The fourth-order valence-electron chi connectivity index (χ4n) is 3.58. The number of hydrogen-bond donors (Lipinski definition) is 0. The Morgan fingerprint density at radius 1 is 1.19 bits per heavy atom. The third-order valence-electron chi connectivity index (χ3n) is 5.30. The monoisotopic (exact) mass is 447 g/mol. The molecule has 0 bridgehead atoms. The second kappa shape index (κ2) is 9.97. The van der Waals surface area contributed by atoms with Crippen molar-refractivity contribution in [2.45, 2.75) is 39.8 Å². The minimum absolute atomic E-state index is 0.144. The van der Waals surface area contributed by atoms with Gasteiger partial charge in [0, 0.05) is 6.54 Å². The largest absolute Gasteiger partial charge is 0.489 e. The Bertz CT molecular complexity index is 1010. The summed E-state index contributed by atoms with van der Waals surface area (Å²) < 4.78 is 44.1. The maximum atomic E-state index is 14.2. The summed E-state index contributed by atoms with van der Waals surface area (Å²) in [6.45, 7) is 5.64. The topological polar surface area (TPSA) is 65.1 Å². The first-order chi connectivity index (χ1) is 15.2. The predicted molar refractivity (Wildman–Crippen MR) is 113 cm³/mol. The van der Waals surface area contributed by atoms with Gasteiger partial charge in [-0.05, 0) is 54.2 Å². The lowest BCUT2D eigenvalue weighted by Gasteiger charge is -2.35. The van der Waals surface area contributed by atoms with Gasteiger partial charge < -0.3 is 14.2 Å². The van der Waals surface area contributed by atoms with Gasteiger partial charge in [0.05, 0.1) is 19.3 Å².